The van der Waals surface area contributed by atoms with E-state index >= 15 is 0 Å². The number of rotatable bonds is 8. The third-order valence-corrected chi connectivity index (χ3v) is 2.19. The molecule has 8 nitrogen and oxygen atoms in total. The molecule has 0 saturated carbocycles. The SMILES string of the molecule is CCCOc1nc(NN)nc(NC(C)CN(C)C)n1. The van der Waals surface area contributed by atoms with Gasteiger partial charge in [-0.2, -0.15) is 15.0 Å². The number of nitrogen functional groups attached to an aromatic ring is 1. The van der Waals surface area contributed by atoms with Gasteiger partial charge in [-0.3, -0.25) is 5.43 Å². The van der Waals surface area contributed by atoms with Crippen molar-refractivity contribution in [3.05, 3.63) is 0 Å². The summed E-state index contributed by atoms with van der Waals surface area (Å²) in [5.41, 5.74) is 2.41. The van der Waals surface area contributed by atoms with Crippen molar-refractivity contribution in [2.24, 2.45) is 5.84 Å². The molecule has 0 radical (unpaired) electrons. The Kier molecular flexibility index (Phi) is 6.23. The second-order valence-electron chi connectivity index (χ2n) is 4.57. The largest absolute Gasteiger partial charge is 0.463 e. The summed E-state index contributed by atoms with van der Waals surface area (Å²) in [4.78, 5) is 14.4. The van der Waals surface area contributed by atoms with Gasteiger partial charge in [-0.1, -0.05) is 6.92 Å². The van der Waals surface area contributed by atoms with Gasteiger partial charge < -0.3 is 15.0 Å². The average molecular weight is 269 g/mol. The fraction of sp³-hybridized carbons (Fsp3) is 0.727. The lowest BCUT2D eigenvalue weighted by molar-refractivity contribution is 0.292. The first-order chi connectivity index (χ1) is 9.05. The highest BCUT2D eigenvalue weighted by atomic mass is 16.5. The Morgan fingerprint density at radius 3 is 2.53 bits per heavy atom. The third kappa shape index (κ3) is 5.66. The molecule has 1 heterocycles. The lowest BCUT2D eigenvalue weighted by Gasteiger charge is -2.18. The Morgan fingerprint density at radius 1 is 1.26 bits per heavy atom. The maximum absolute atomic E-state index is 5.39. The molecule has 108 valence electrons. The minimum Gasteiger partial charge on any atom is -0.463 e. The van der Waals surface area contributed by atoms with Gasteiger partial charge in [0, 0.05) is 12.6 Å². The fourth-order valence-corrected chi connectivity index (χ4v) is 1.56. The zero-order valence-electron chi connectivity index (χ0n) is 12.0. The van der Waals surface area contributed by atoms with Gasteiger partial charge in [0.25, 0.3) is 0 Å². The highest BCUT2D eigenvalue weighted by Gasteiger charge is 2.10. The van der Waals surface area contributed by atoms with Crippen LogP contribution in [0.25, 0.3) is 0 Å². The summed E-state index contributed by atoms with van der Waals surface area (Å²) in [7, 11) is 4.02. The first-order valence-corrected chi connectivity index (χ1v) is 6.32. The molecule has 0 aliphatic rings. The van der Waals surface area contributed by atoms with E-state index in [4.69, 9.17) is 10.6 Å². The van der Waals surface area contributed by atoms with Gasteiger partial charge in [0.05, 0.1) is 6.61 Å². The van der Waals surface area contributed by atoms with Crippen LogP contribution >= 0.6 is 0 Å². The van der Waals surface area contributed by atoms with E-state index in [1.54, 1.807) is 0 Å². The van der Waals surface area contributed by atoms with Crippen molar-refractivity contribution in [1.29, 1.82) is 0 Å². The highest BCUT2D eigenvalue weighted by molar-refractivity contribution is 5.35. The number of hydrogen-bond donors (Lipinski definition) is 3. The van der Waals surface area contributed by atoms with Crippen LogP contribution in [0.5, 0.6) is 6.01 Å². The van der Waals surface area contributed by atoms with Crippen molar-refractivity contribution in [2.45, 2.75) is 26.3 Å². The molecule has 0 aliphatic heterocycles. The van der Waals surface area contributed by atoms with Crippen LogP contribution in [-0.4, -0.2) is 53.1 Å². The van der Waals surface area contributed by atoms with Crippen LogP contribution in [0.15, 0.2) is 0 Å². The minimum atomic E-state index is 0.196. The Balaban J connectivity index is 2.75. The fourth-order valence-electron chi connectivity index (χ4n) is 1.56. The van der Waals surface area contributed by atoms with Crippen LogP contribution in [0.4, 0.5) is 11.9 Å². The molecular weight excluding hydrogens is 246 g/mol. The molecule has 19 heavy (non-hydrogen) atoms. The first kappa shape index (κ1) is 15.4. The summed E-state index contributed by atoms with van der Waals surface area (Å²) in [6, 6.07) is 0.464. The number of anilines is 2. The summed E-state index contributed by atoms with van der Waals surface area (Å²) < 4.78 is 5.39. The Morgan fingerprint density at radius 2 is 1.95 bits per heavy atom. The van der Waals surface area contributed by atoms with Gasteiger partial charge >= 0.3 is 6.01 Å². The first-order valence-electron chi connectivity index (χ1n) is 6.32. The van der Waals surface area contributed by atoms with Crippen LogP contribution < -0.4 is 21.3 Å². The van der Waals surface area contributed by atoms with E-state index in [2.05, 4.69) is 30.6 Å². The van der Waals surface area contributed by atoms with Crippen molar-refractivity contribution in [3.63, 3.8) is 0 Å². The summed E-state index contributed by atoms with van der Waals surface area (Å²) >= 11 is 0. The molecule has 1 aromatic rings. The summed E-state index contributed by atoms with van der Waals surface area (Å²) in [5, 5.41) is 3.19. The van der Waals surface area contributed by atoms with E-state index in [9.17, 15) is 0 Å². The van der Waals surface area contributed by atoms with E-state index < -0.39 is 0 Å². The molecule has 0 aromatic carbocycles. The van der Waals surface area contributed by atoms with Crippen molar-refractivity contribution >= 4 is 11.9 Å². The molecule has 1 aromatic heterocycles. The van der Waals surface area contributed by atoms with E-state index in [-0.39, 0.29) is 18.0 Å². The molecule has 8 heteroatoms. The molecule has 0 fully saturated rings. The molecular formula is C11H23N7O. The maximum atomic E-state index is 5.39. The van der Waals surface area contributed by atoms with Crippen molar-refractivity contribution in [1.82, 2.24) is 19.9 Å². The Hall–Kier alpha value is -1.67. The highest BCUT2D eigenvalue weighted by Crippen LogP contribution is 2.11. The quantitative estimate of drug-likeness (QED) is 0.458. The minimum absolute atomic E-state index is 0.196. The topological polar surface area (TPSA) is 101 Å². The summed E-state index contributed by atoms with van der Waals surface area (Å²) in [6.45, 7) is 5.48. The monoisotopic (exact) mass is 269 g/mol. The smallest absolute Gasteiger partial charge is 0.323 e. The standard InChI is InChI=1S/C11H23N7O/c1-5-6-19-11-15-9(14-10(16-11)17-12)13-8(2)7-18(3)4/h8H,5-7,12H2,1-4H3,(H2,13,14,15,16,17). The molecule has 0 spiro atoms. The van der Waals surface area contributed by atoms with E-state index in [0.29, 0.717) is 12.6 Å². The predicted molar refractivity (Wildman–Crippen MR) is 75.1 cm³/mol. The molecule has 0 amide bonds. The second-order valence-corrected chi connectivity index (χ2v) is 4.57. The summed E-state index contributed by atoms with van der Waals surface area (Å²) in [5.74, 6) is 6.06. The number of nitrogens with zero attached hydrogens (tertiary/aromatic N) is 4. The number of hydrogen-bond acceptors (Lipinski definition) is 8. The maximum Gasteiger partial charge on any atom is 0.323 e. The van der Waals surface area contributed by atoms with Crippen LogP contribution in [0, 0.1) is 0 Å². The summed E-state index contributed by atoms with van der Waals surface area (Å²) in [6.07, 6.45) is 0.886. The molecule has 0 aliphatic carbocycles. The Bertz CT molecular complexity index is 385. The van der Waals surface area contributed by atoms with Crippen LogP contribution in [-0.2, 0) is 0 Å². The van der Waals surface area contributed by atoms with Gasteiger partial charge in [-0.25, -0.2) is 5.84 Å². The second kappa shape index (κ2) is 7.70. The van der Waals surface area contributed by atoms with Gasteiger partial charge in [0.15, 0.2) is 0 Å². The molecule has 1 atom stereocenters. The Labute approximate surface area is 113 Å². The average Bonchev–Trinajstić information content (AvgIpc) is 2.34. The number of likely N-dealkylation sites (N-methyl/N-ethyl adjacent to an activating group) is 1. The van der Waals surface area contributed by atoms with Crippen LogP contribution in [0.1, 0.15) is 20.3 Å². The van der Waals surface area contributed by atoms with Gasteiger partial charge in [-0.15, -0.1) is 0 Å². The number of nitrogens with one attached hydrogen (secondary N) is 2. The lowest BCUT2D eigenvalue weighted by Crippen LogP contribution is -2.30. The van der Waals surface area contributed by atoms with Crippen LogP contribution in [0.2, 0.25) is 0 Å². The molecule has 1 rings (SSSR count). The molecule has 0 saturated heterocycles. The van der Waals surface area contributed by atoms with Crippen molar-refractivity contribution in [3.8, 4) is 6.01 Å². The van der Waals surface area contributed by atoms with Crippen molar-refractivity contribution in [2.75, 3.05) is 38.0 Å². The predicted octanol–water partition coefficient (Wildman–Crippen LogP) is 0.308. The van der Waals surface area contributed by atoms with Gasteiger partial charge in [0.1, 0.15) is 0 Å². The number of aromatic nitrogens is 3. The lowest BCUT2D eigenvalue weighted by atomic mass is 10.3. The van der Waals surface area contributed by atoms with Gasteiger partial charge in [-0.05, 0) is 27.4 Å². The third-order valence-electron chi connectivity index (χ3n) is 2.19. The number of ether oxygens (including phenoxy) is 1. The number of nitrogens with two attached hydrogens (primary N) is 1. The van der Waals surface area contributed by atoms with E-state index in [1.807, 2.05) is 27.9 Å². The van der Waals surface area contributed by atoms with E-state index in [1.165, 1.54) is 0 Å². The van der Waals surface area contributed by atoms with Gasteiger partial charge in [0.2, 0.25) is 11.9 Å². The molecule has 1 unspecified atom stereocenters. The number of hydrazine groups is 1. The molecule has 0 bridgehead atoms. The normalized spacial score (nSPS) is 12.3. The van der Waals surface area contributed by atoms with Crippen LogP contribution in [0.3, 0.4) is 0 Å². The zero-order valence-corrected chi connectivity index (χ0v) is 12.0. The van der Waals surface area contributed by atoms with E-state index in [0.717, 1.165) is 13.0 Å². The van der Waals surface area contributed by atoms with Crippen molar-refractivity contribution < 1.29 is 4.74 Å². The molecule has 4 N–H and O–H groups in total. The zero-order chi connectivity index (χ0) is 14.3.